The van der Waals surface area contributed by atoms with E-state index in [1.807, 2.05) is 6.92 Å². The van der Waals surface area contributed by atoms with E-state index < -0.39 is 5.82 Å². The first-order valence-corrected chi connectivity index (χ1v) is 6.06. The van der Waals surface area contributed by atoms with Crippen LogP contribution in [-0.4, -0.2) is 24.2 Å². The number of hydrogen-bond donors (Lipinski definition) is 1. The number of nitrogens with one attached hydrogen (secondary N) is 1. The monoisotopic (exact) mass is 277 g/mol. The van der Waals surface area contributed by atoms with E-state index in [1.165, 1.54) is 13.2 Å². The Morgan fingerprint density at radius 1 is 1.20 bits per heavy atom. The summed E-state index contributed by atoms with van der Waals surface area (Å²) in [6.07, 6.45) is 0. The summed E-state index contributed by atoms with van der Waals surface area (Å²) in [6.45, 7) is 2.21. The predicted octanol–water partition coefficient (Wildman–Crippen LogP) is 2.82. The molecule has 0 atom stereocenters. The van der Waals surface area contributed by atoms with E-state index >= 15 is 0 Å². The molecule has 1 aromatic carbocycles. The van der Waals surface area contributed by atoms with Crippen LogP contribution in [0.15, 0.2) is 24.3 Å². The lowest BCUT2D eigenvalue weighted by Gasteiger charge is -2.10. The topological polar surface area (TPSA) is 56.3 Å². The van der Waals surface area contributed by atoms with Crippen LogP contribution in [-0.2, 0) is 11.3 Å². The average Bonchev–Trinajstić information content (AvgIpc) is 2.40. The van der Waals surface area contributed by atoms with E-state index in [-0.39, 0.29) is 5.75 Å². The zero-order chi connectivity index (χ0) is 14.5. The molecule has 0 aliphatic rings. The van der Waals surface area contributed by atoms with Crippen LogP contribution in [0.3, 0.4) is 0 Å². The Bertz CT molecular complexity index is 605. The molecule has 0 fully saturated rings. The number of anilines is 2. The third kappa shape index (κ3) is 3.42. The van der Waals surface area contributed by atoms with Crippen molar-refractivity contribution in [2.45, 2.75) is 13.5 Å². The van der Waals surface area contributed by atoms with Gasteiger partial charge in [-0.25, -0.2) is 14.4 Å². The number of halogens is 1. The summed E-state index contributed by atoms with van der Waals surface area (Å²) in [5, 5.41) is 3.09. The summed E-state index contributed by atoms with van der Waals surface area (Å²) < 4.78 is 23.3. The first kappa shape index (κ1) is 14.2. The van der Waals surface area contributed by atoms with Gasteiger partial charge in [-0.3, -0.25) is 0 Å². The van der Waals surface area contributed by atoms with Gasteiger partial charge in [0, 0.05) is 30.6 Å². The minimum absolute atomic E-state index is 0.179. The molecule has 0 bridgehead atoms. The maximum absolute atomic E-state index is 13.3. The Labute approximate surface area is 116 Å². The summed E-state index contributed by atoms with van der Waals surface area (Å²) in [4.78, 5) is 8.57. The van der Waals surface area contributed by atoms with E-state index in [0.29, 0.717) is 23.9 Å². The number of rotatable bonds is 5. The van der Waals surface area contributed by atoms with Gasteiger partial charge in [0.15, 0.2) is 17.4 Å². The maximum atomic E-state index is 13.3. The second-order valence-electron chi connectivity index (χ2n) is 4.22. The van der Waals surface area contributed by atoms with Crippen molar-refractivity contribution in [2.24, 2.45) is 0 Å². The summed E-state index contributed by atoms with van der Waals surface area (Å²) >= 11 is 0. The van der Waals surface area contributed by atoms with E-state index in [4.69, 9.17) is 9.47 Å². The fourth-order valence-electron chi connectivity index (χ4n) is 1.77. The van der Waals surface area contributed by atoms with Gasteiger partial charge in [-0.1, -0.05) is 0 Å². The quantitative estimate of drug-likeness (QED) is 0.910. The van der Waals surface area contributed by atoms with Crippen molar-refractivity contribution in [2.75, 3.05) is 19.5 Å². The van der Waals surface area contributed by atoms with Gasteiger partial charge in [-0.15, -0.1) is 0 Å². The third-order valence-corrected chi connectivity index (χ3v) is 2.60. The number of nitrogens with zero attached hydrogens (tertiary/aromatic N) is 2. The standard InChI is InChI=1S/C14H16FN3O2/c1-9-6-13(18-14(16-9)8-19-2)17-10-4-5-11(15)12(7-10)20-3/h4-7H,8H2,1-3H3,(H,16,17,18). The molecule has 0 unspecified atom stereocenters. The zero-order valence-corrected chi connectivity index (χ0v) is 11.6. The molecule has 0 saturated heterocycles. The second kappa shape index (κ2) is 6.29. The Kier molecular flexibility index (Phi) is 4.47. The second-order valence-corrected chi connectivity index (χ2v) is 4.22. The van der Waals surface area contributed by atoms with Crippen LogP contribution in [0.4, 0.5) is 15.9 Å². The smallest absolute Gasteiger partial charge is 0.165 e. The SMILES string of the molecule is COCc1nc(C)cc(Nc2ccc(F)c(OC)c2)n1. The predicted molar refractivity (Wildman–Crippen MR) is 73.7 cm³/mol. The largest absolute Gasteiger partial charge is 0.494 e. The average molecular weight is 277 g/mol. The number of aromatic nitrogens is 2. The van der Waals surface area contributed by atoms with Gasteiger partial charge in [-0.05, 0) is 19.1 Å². The number of methoxy groups -OCH3 is 2. The summed E-state index contributed by atoms with van der Waals surface area (Å²) in [5.41, 5.74) is 1.51. The molecule has 1 N–H and O–H groups in total. The van der Waals surface area contributed by atoms with Crippen molar-refractivity contribution in [3.8, 4) is 5.75 Å². The van der Waals surface area contributed by atoms with E-state index in [2.05, 4.69) is 15.3 Å². The van der Waals surface area contributed by atoms with Crippen LogP contribution < -0.4 is 10.1 Å². The van der Waals surface area contributed by atoms with Gasteiger partial charge in [0.1, 0.15) is 12.4 Å². The number of aryl methyl sites for hydroxylation is 1. The van der Waals surface area contributed by atoms with Crippen molar-refractivity contribution in [1.82, 2.24) is 9.97 Å². The highest BCUT2D eigenvalue weighted by atomic mass is 19.1. The van der Waals surface area contributed by atoms with Gasteiger partial charge in [0.25, 0.3) is 0 Å². The minimum atomic E-state index is -0.406. The summed E-state index contributed by atoms with van der Waals surface area (Å²) in [5.74, 6) is 0.983. The Balaban J connectivity index is 2.25. The van der Waals surface area contributed by atoms with E-state index in [9.17, 15) is 4.39 Å². The molecular formula is C14H16FN3O2. The Morgan fingerprint density at radius 3 is 2.70 bits per heavy atom. The number of ether oxygens (including phenoxy) is 2. The zero-order valence-electron chi connectivity index (χ0n) is 11.6. The highest BCUT2D eigenvalue weighted by Crippen LogP contribution is 2.23. The van der Waals surface area contributed by atoms with Crippen LogP contribution in [0.1, 0.15) is 11.5 Å². The minimum Gasteiger partial charge on any atom is -0.494 e. The molecule has 5 nitrogen and oxygen atoms in total. The van der Waals surface area contributed by atoms with Gasteiger partial charge in [0.05, 0.1) is 7.11 Å². The highest BCUT2D eigenvalue weighted by molar-refractivity contribution is 5.58. The fraction of sp³-hybridized carbons (Fsp3) is 0.286. The van der Waals surface area contributed by atoms with Crippen molar-refractivity contribution in [3.05, 3.63) is 41.6 Å². The summed E-state index contributed by atoms with van der Waals surface area (Å²) in [6, 6.07) is 6.33. The van der Waals surface area contributed by atoms with E-state index in [1.54, 1.807) is 25.3 Å². The molecule has 0 aliphatic carbocycles. The Morgan fingerprint density at radius 2 is 2.00 bits per heavy atom. The van der Waals surface area contributed by atoms with Crippen LogP contribution in [0.5, 0.6) is 5.75 Å². The van der Waals surface area contributed by atoms with Crippen LogP contribution in [0.2, 0.25) is 0 Å². The van der Waals surface area contributed by atoms with Gasteiger partial charge in [-0.2, -0.15) is 0 Å². The van der Waals surface area contributed by atoms with Crippen molar-refractivity contribution in [1.29, 1.82) is 0 Å². The lowest BCUT2D eigenvalue weighted by atomic mass is 10.3. The van der Waals surface area contributed by atoms with Gasteiger partial charge < -0.3 is 14.8 Å². The molecule has 2 aromatic rings. The van der Waals surface area contributed by atoms with Gasteiger partial charge >= 0.3 is 0 Å². The molecule has 0 amide bonds. The third-order valence-electron chi connectivity index (χ3n) is 2.60. The number of benzene rings is 1. The Hall–Kier alpha value is -2.21. The molecule has 106 valence electrons. The lowest BCUT2D eigenvalue weighted by molar-refractivity contribution is 0.177. The van der Waals surface area contributed by atoms with Crippen LogP contribution in [0.25, 0.3) is 0 Å². The van der Waals surface area contributed by atoms with Crippen LogP contribution in [0, 0.1) is 12.7 Å². The molecule has 1 aromatic heterocycles. The fourth-order valence-corrected chi connectivity index (χ4v) is 1.77. The first-order valence-electron chi connectivity index (χ1n) is 6.06. The van der Waals surface area contributed by atoms with Crippen molar-refractivity contribution >= 4 is 11.5 Å². The lowest BCUT2D eigenvalue weighted by Crippen LogP contribution is -2.03. The molecule has 0 radical (unpaired) electrons. The molecule has 6 heteroatoms. The molecule has 2 rings (SSSR count). The molecule has 0 spiro atoms. The van der Waals surface area contributed by atoms with Gasteiger partial charge in [0.2, 0.25) is 0 Å². The highest BCUT2D eigenvalue weighted by Gasteiger charge is 2.06. The normalized spacial score (nSPS) is 10.4. The first-order chi connectivity index (χ1) is 9.62. The van der Waals surface area contributed by atoms with Crippen molar-refractivity contribution in [3.63, 3.8) is 0 Å². The summed E-state index contributed by atoms with van der Waals surface area (Å²) in [7, 11) is 3.01. The van der Waals surface area contributed by atoms with E-state index in [0.717, 1.165) is 5.69 Å². The molecule has 1 heterocycles. The maximum Gasteiger partial charge on any atom is 0.165 e. The van der Waals surface area contributed by atoms with Crippen LogP contribution >= 0.6 is 0 Å². The molecule has 0 aliphatic heterocycles. The van der Waals surface area contributed by atoms with Crippen molar-refractivity contribution < 1.29 is 13.9 Å². The molecule has 0 saturated carbocycles. The molecule has 20 heavy (non-hydrogen) atoms. The molecular weight excluding hydrogens is 261 g/mol. The number of hydrogen-bond acceptors (Lipinski definition) is 5.